The average Bonchev–Trinajstić information content (AvgIpc) is 2.07. The maximum Gasteiger partial charge on any atom is 0.123 e. The van der Waals surface area contributed by atoms with Crippen LogP contribution in [0.25, 0.3) is 10.8 Å². The van der Waals surface area contributed by atoms with Crippen LogP contribution in [-0.4, -0.2) is 10.1 Å². The second-order valence-electron chi connectivity index (χ2n) is 2.82. The minimum atomic E-state index is 0.318. The van der Waals surface area contributed by atoms with Gasteiger partial charge in [-0.3, -0.25) is 4.98 Å². The van der Waals surface area contributed by atoms with Crippen molar-refractivity contribution in [2.75, 3.05) is 0 Å². The first-order chi connectivity index (χ1) is 5.77. The molecular weight excluding hydrogens is 150 g/mol. The lowest BCUT2D eigenvalue weighted by Gasteiger charge is -2.00. The zero-order chi connectivity index (χ0) is 8.55. The minimum Gasteiger partial charge on any atom is -0.507 e. The van der Waals surface area contributed by atoms with Crippen LogP contribution in [0.4, 0.5) is 0 Å². The summed E-state index contributed by atoms with van der Waals surface area (Å²) >= 11 is 0. The first kappa shape index (κ1) is 7.10. The molecule has 1 aromatic carbocycles. The average molecular weight is 159 g/mol. The molecule has 0 fully saturated rings. The fourth-order valence-electron chi connectivity index (χ4n) is 1.26. The highest BCUT2D eigenvalue weighted by molar-refractivity contribution is 5.87. The highest BCUT2D eigenvalue weighted by Gasteiger charge is 1.98. The van der Waals surface area contributed by atoms with Crippen molar-refractivity contribution >= 4 is 10.8 Å². The van der Waals surface area contributed by atoms with E-state index in [4.69, 9.17) is 0 Å². The summed E-state index contributed by atoms with van der Waals surface area (Å²) in [5, 5.41) is 11.3. The lowest BCUT2D eigenvalue weighted by atomic mass is 10.1. The van der Waals surface area contributed by atoms with Crippen LogP contribution in [0.1, 0.15) is 5.69 Å². The van der Waals surface area contributed by atoms with Gasteiger partial charge in [0.15, 0.2) is 0 Å². The summed E-state index contributed by atoms with van der Waals surface area (Å²) in [6.45, 7) is 1.91. The van der Waals surface area contributed by atoms with Crippen LogP contribution in [0.5, 0.6) is 5.75 Å². The van der Waals surface area contributed by atoms with Crippen molar-refractivity contribution in [2.45, 2.75) is 6.92 Å². The quantitative estimate of drug-likeness (QED) is 0.639. The number of aryl methyl sites for hydroxylation is 1. The van der Waals surface area contributed by atoms with Crippen LogP contribution in [-0.2, 0) is 0 Å². The number of phenolic OH excluding ortho intramolecular Hbond substituents is 1. The smallest absolute Gasteiger partial charge is 0.123 e. The second-order valence-corrected chi connectivity index (χ2v) is 2.82. The Morgan fingerprint density at radius 1 is 1.33 bits per heavy atom. The number of phenols is 1. The molecule has 0 atom stereocenters. The summed E-state index contributed by atoms with van der Waals surface area (Å²) in [5.74, 6) is 0.318. The van der Waals surface area contributed by atoms with Gasteiger partial charge in [-0.15, -0.1) is 0 Å². The van der Waals surface area contributed by atoms with E-state index in [2.05, 4.69) is 4.98 Å². The summed E-state index contributed by atoms with van der Waals surface area (Å²) in [5.41, 5.74) is 0.920. The fraction of sp³-hybridized carbons (Fsp3) is 0.100. The molecule has 0 aliphatic heterocycles. The van der Waals surface area contributed by atoms with E-state index in [0.717, 1.165) is 16.5 Å². The third-order valence-corrected chi connectivity index (χ3v) is 1.88. The highest BCUT2D eigenvalue weighted by atomic mass is 16.3. The van der Waals surface area contributed by atoms with Gasteiger partial charge < -0.3 is 5.11 Å². The Balaban J connectivity index is 2.88. The summed E-state index contributed by atoms with van der Waals surface area (Å²) < 4.78 is 0. The molecule has 0 saturated heterocycles. The van der Waals surface area contributed by atoms with Crippen LogP contribution in [0, 0.1) is 6.92 Å². The number of pyridine rings is 1. The zero-order valence-corrected chi connectivity index (χ0v) is 6.78. The number of nitrogens with zero attached hydrogens (tertiary/aromatic N) is 1. The van der Waals surface area contributed by atoms with E-state index in [1.165, 1.54) is 0 Å². The molecule has 0 aliphatic carbocycles. The van der Waals surface area contributed by atoms with Gasteiger partial charge in [0.2, 0.25) is 0 Å². The Labute approximate surface area is 70.5 Å². The lowest BCUT2D eigenvalue weighted by Crippen LogP contribution is -1.80. The van der Waals surface area contributed by atoms with Crippen LogP contribution in [0.2, 0.25) is 0 Å². The Kier molecular flexibility index (Phi) is 1.47. The molecule has 0 spiro atoms. The van der Waals surface area contributed by atoms with Gasteiger partial charge in [0.1, 0.15) is 5.75 Å². The maximum atomic E-state index is 9.47. The summed E-state index contributed by atoms with van der Waals surface area (Å²) in [6, 6.07) is 7.31. The predicted molar refractivity (Wildman–Crippen MR) is 48.1 cm³/mol. The predicted octanol–water partition coefficient (Wildman–Crippen LogP) is 2.25. The van der Waals surface area contributed by atoms with Crippen LogP contribution >= 0.6 is 0 Å². The molecule has 2 rings (SSSR count). The topological polar surface area (TPSA) is 33.1 Å². The Morgan fingerprint density at radius 2 is 2.17 bits per heavy atom. The standard InChI is InChI=1S/C10H9NO/c1-7-5-9-8(6-11-7)3-2-4-10(9)12/h2-6,12H,1H3. The Hall–Kier alpha value is -1.57. The number of aromatic nitrogens is 1. The molecule has 0 unspecified atom stereocenters. The molecule has 2 nitrogen and oxygen atoms in total. The van der Waals surface area contributed by atoms with Crippen LogP contribution < -0.4 is 0 Å². The van der Waals surface area contributed by atoms with Gasteiger partial charge in [-0.25, -0.2) is 0 Å². The van der Waals surface area contributed by atoms with Crippen molar-refractivity contribution in [1.82, 2.24) is 4.98 Å². The number of rotatable bonds is 0. The van der Waals surface area contributed by atoms with Crippen molar-refractivity contribution < 1.29 is 5.11 Å². The summed E-state index contributed by atoms with van der Waals surface area (Å²) in [7, 11) is 0. The van der Waals surface area contributed by atoms with E-state index in [9.17, 15) is 5.11 Å². The van der Waals surface area contributed by atoms with E-state index in [-0.39, 0.29) is 0 Å². The number of fused-ring (bicyclic) bond motifs is 1. The Morgan fingerprint density at radius 3 is 3.00 bits per heavy atom. The molecular formula is C10H9NO. The van der Waals surface area contributed by atoms with Gasteiger partial charge >= 0.3 is 0 Å². The Bertz CT molecular complexity index is 423. The fourth-order valence-corrected chi connectivity index (χ4v) is 1.26. The highest BCUT2D eigenvalue weighted by Crippen LogP contribution is 2.23. The van der Waals surface area contributed by atoms with Gasteiger partial charge in [0.05, 0.1) is 0 Å². The summed E-state index contributed by atoms with van der Waals surface area (Å²) in [6.07, 6.45) is 1.77. The van der Waals surface area contributed by atoms with Gasteiger partial charge in [0.25, 0.3) is 0 Å². The first-order valence-corrected chi connectivity index (χ1v) is 3.82. The van der Waals surface area contributed by atoms with Crippen LogP contribution in [0.3, 0.4) is 0 Å². The van der Waals surface area contributed by atoms with Crippen molar-refractivity contribution in [1.29, 1.82) is 0 Å². The molecule has 0 radical (unpaired) electrons. The molecule has 12 heavy (non-hydrogen) atoms. The normalized spacial score (nSPS) is 10.4. The molecule has 1 N–H and O–H groups in total. The molecule has 1 aromatic heterocycles. The summed E-state index contributed by atoms with van der Waals surface area (Å²) in [4.78, 5) is 4.14. The van der Waals surface area contributed by atoms with Gasteiger partial charge in [-0.05, 0) is 19.1 Å². The van der Waals surface area contributed by atoms with E-state index >= 15 is 0 Å². The van der Waals surface area contributed by atoms with Gasteiger partial charge in [-0.2, -0.15) is 0 Å². The van der Waals surface area contributed by atoms with E-state index in [1.54, 1.807) is 12.3 Å². The number of benzene rings is 1. The van der Waals surface area contributed by atoms with Crippen LogP contribution in [0.15, 0.2) is 30.5 Å². The van der Waals surface area contributed by atoms with Crippen molar-refractivity contribution in [3.63, 3.8) is 0 Å². The largest absolute Gasteiger partial charge is 0.507 e. The molecule has 1 heterocycles. The molecule has 2 aromatic rings. The van der Waals surface area contributed by atoms with Crippen molar-refractivity contribution in [3.05, 3.63) is 36.2 Å². The molecule has 0 amide bonds. The van der Waals surface area contributed by atoms with Crippen molar-refractivity contribution in [2.24, 2.45) is 0 Å². The molecule has 2 heteroatoms. The third kappa shape index (κ3) is 1.01. The van der Waals surface area contributed by atoms with Crippen molar-refractivity contribution in [3.8, 4) is 5.75 Å². The molecule has 60 valence electrons. The number of hydrogen-bond donors (Lipinski definition) is 1. The van der Waals surface area contributed by atoms with E-state index in [0.29, 0.717) is 5.75 Å². The molecule has 0 aliphatic rings. The van der Waals surface area contributed by atoms with E-state index < -0.39 is 0 Å². The van der Waals surface area contributed by atoms with Gasteiger partial charge in [0, 0.05) is 22.7 Å². The number of aromatic hydroxyl groups is 1. The zero-order valence-electron chi connectivity index (χ0n) is 6.78. The lowest BCUT2D eigenvalue weighted by molar-refractivity contribution is 0.481. The maximum absolute atomic E-state index is 9.47. The molecule has 0 bridgehead atoms. The number of hydrogen-bond acceptors (Lipinski definition) is 2. The minimum absolute atomic E-state index is 0.318. The van der Waals surface area contributed by atoms with Gasteiger partial charge in [-0.1, -0.05) is 12.1 Å². The monoisotopic (exact) mass is 159 g/mol. The SMILES string of the molecule is Cc1cc2c(O)cccc2cn1. The molecule has 0 saturated carbocycles. The second kappa shape index (κ2) is 2.48. The van der Waals surface area contributed by atoms with E-state index in [1.807, 2.05) is 25.1 Å². The third-order valence-electron chi connectivity index (χ3n) is 1.88. The first-order valence-electron chi connectivity index (χ1n) is 3.82.